The highest BCUT2D eigenvalue weighted by molar-refractivity contribution is 4.77. The summed E-state index contributed by atoms with van der Waals surface area (Å²) in [6, 6.07) is 0. The summed E-state index contributed by atoms with van der Waals surface area (Å²) in [5, 5.41) is 8.95. The Hall–Kier alpha value is -0.0800. The molecule has 0 aromatic heterocycles. The monoisotopic (exact) mass is 199 g/mol. The molecule has 0 aromatic carbocycles. The van der Waals surface area contributed by atoms with E-state index in [0.717, 1.165) is 18.9 Å². The summed E-state index contributed by atoms with van der Waals surface area (Å²) >= 11 is 0. The number of hydrogen-bond donors (Lipinski definition) is 1. The van der Waals surface area contributed by atoms with Crippen molar-refractivity contribution in [2.75, 3.05) is 26.2 Å². The molecule has 1 aliphatic heterocycles. The molecule has 0 spiro atoms. The zero-order valence-corrected chi connectivity index (χ0v) is 9.92. The second kappa shape index (κ2) is 5.13. The molecule has 0 aliphatic carbocycles. The Morgan fingerprint density at radius 3 is 2.36 bits per heavy atom. The maximum atomic E-state index is 8.95. The van der Waals surface area contributed by atoms with Crippen LogP contribution in [-0.4, -0.2) is 36.2 Å². The van der Waals surface area contributed by atoms with Gasteiger partial charge < -0.3 is 10.0 Å². The minimum atomic E-state index is 0.273. The smallest absolute Gasteiger partial charge is 0.0436 e. The lowest BCUT2D eigenvalue weighted by atomic mass is 9.87. The molecule has 2 heteroatoms. The van der Waals surface area contributed by atoms with Crippen LogP contribution in [0, 0.1) is 11.3 Å². The molecule has 1 rings (SSSR count). The highest BCUT2D eigenvalue weighted by atomic mass is 16.3. The molecule has 0 aromatic rings. The first kappa shape index (κ1) is 12.0. The zero-order valence-electron chi connectivity index (χ0n) is 9.92. The summed E-state index contributed by atoms with van der Waals surface area (Å²) in [5.41, 5.74) is 0.273. The van der Waals surface area contributed by atoms with E-state index in [0.29, 0.717) is 6.61 Å². The minimum absolute atomic E-state index is 0.273. The summed E-state index contributed by atoms with van der Waals surface area (Å²) in [6.45, 7) is 10.8. The summed E-state index contributed by atoms with van der Waals surface area (Å²) in [5.74, 6) is 0.909. The lowest BCUT2D eigenvalue weighted by Crippen LogP contribution is -2.39. The van der Waals surface area contributed by atoms with Crippen molar-refractivity contribution in [3.05, 3.63) is 0 Å². The molecule has 0 radical (unpaired) electrons. The fraction of sp³-hybridized carbons (Fsp3) is 1.00. The van der Waals surface area contributed by atoms with Crippen molar-refractivity contribution < 1.29 is 5.11 Å². The van der Waals surface area contributed by atoms with E-state index >= 15 is 0 Å². The molecule has 2 nitrogen and oxygen atoms in total. The van der Waals surface area contributed by atoms with Gasteiger partial charge in [-0.2, -0.15) is 0 Å². The normalized spacial score (nSPS) is 21.4. The highest BCUT2D eigenvalue weighted by Gasteiger charge is 2.23. The second-order valence-electron chi connectivity index (χ2n) is 5.60. The average molecular weight is 199 g/mol. The molecule has 14 heavy (non-hydrogen) atoms. The van der Waals surface area contributed by atoms with Gasteiger partial charge in [0.05, 0.1) is 0 Å². The molecule has 1 N–H and O–H groups in total. The predicted molar refractivity (Wildman–Crippen MR) is 60.3 cm³/mol. The molecule has 1 aliphatic rings. The van der Waals surface area contributed by atoms with Gasteiger partial charge in [0.2, 0.25) is 0 Å². The van der Waals surface area contributed by atoms with Gasteiger partial charge in [-0.15, -0.1) is 0 Å². The number of likely N-dealkylation sites (tertiary alicyclic amines) is 1. The van der Waals surface area contributed by atoms with E-state index in [4.69, 9.17) is 5.11 Å². The van der Waals surface area contributed by atoms with Gasteiger partial charge in [0.15, 0.2) is 0 Å². The average Bonchev–Trinajstić information content (AvgIpc) is 2.08. The van der Waals surface area contributed by atoms with E-state index in [1.54, 1.807) is 0 Å². The zero-order chi connectivity index (χ0) is 10.6. The Morgan fingerprint density at radius 1 is 1.29 bits per heavy atom. The second-order valence-corrected chi connectivity index (χ2v) is 5.60. The standard InChI is InChI=1S/C12H25NO/c1-11-4-7-13(8-5-11)10-12(2,3)6-9-14/h11,14H,4-10H2,1-3H3. The lowest BCUT2D eigenvalue weighted by molar-refractivity contribution is 0.111. The maximum Gasteiger partial charge on any atom is 0.0436 e. The van der Waals surface area contributed by atoms with Gasteiger partial charge in [-0.3, -0.25) is 0 Å². The van der Waals surface area contributed by atoms with Crippen LogP contribution in [0.1, 0.15) is 40.0 Å². The van der Waals surface area contributed by atoms with Crippen molar-refractivity contribution in [3.63, 3.8) is 0 Å². The van der Waals surface area contributed by atoms with Crippen molar-refractivity contribution >= 4 is 0 Å². The van der Waals surface area contributed by atoms with Crippen LogP contribution in [0.4, 0.5) is 0 Å². The summed E-state index contributed by atoms with van der Waals surface area (Å²) in [7, 11) is 0. The Morgan fingerprint density at radius 2 is 1.86 bits per heavy atom. The number of piperidine rings is 1. The molecule has 0 atom stereocenters. The van der Waals surface area contributed by atoms with Crippen molar-refractivity contribution in [2.45, 2.75) is 40.0 Å². The lowest BCUT2D eigenvalue weighted by Gasteiger charge is -2.36. The van der Waals surface area contributed by atoms with E-state index in [1.807, 2.05) is 0 Å². The van der Waals surface area contributed by atoms with Crippen LogP contribution in [0.2, 0.25) is 0 Å². The molecule has 0 saturated carbocycles. The van der Waals surface area contributed by atoms with Gasteiger partial charge in [-0.25, -0.2) is 0 Å². The topological polar surface area (TPSA) is 23.5 Å². The van der Waals surface area contributed by atoms with E-state index < -0.39 is 0 Å². The number of aliphatic hydroxyl groups excluding tert-OH is 1. The Bertz CT molecular complexity index is 160. The largest absolute Gasteiger partial charge is 0.396 e. The van der Waals surface area contributed by atoms with Gasteiger partial charge in [0, 0.05) is 13.2 Å². The minimum Gasteiger partial charge on any atom is -0.396 e. The van der Waals surface area contributed by atoms with Crippen LogP contribution in [0.3, 0.4) is 0 Å². The Balaban J connectivity index is 2.29. The van der Waals surface area contributed by atoms with Crippen LogP contribution < -0.4 is 0 Å². The van der Waals surface area contributed by atoms with Gasteiger partial charge in [-0.1, -0.05) is 20.8 Å². The van der Waals surface area contributed by atoms with Crippen molar-refractivity contribution in [2.24, 2.45) is 11.3 Å². The predicted octanol–water partition coefficient (Wildman–Crippen LogP) is 2.13. The molecular formula is C12H25NO. The van der Waals surface area contributed by atoms with Crippen molar-refractivity contribution in [1.82, 2.24) is 4.90 Å². The SMILES string of the molecule is CC1CCN(CC(C)(C)CCO)CC1. The van der Waals surface area contributed by atoms with Crippen molar-refractivity contribution in [3.8, 4) is 0 Å². The van der Waals surface area contributed by atoms with E-state index in [9.17, 15) is 0 Å². The van der Waals surface area contributed by atoms with Crippen LogP contribution in [0.15, 0.2) is 0 Å². The number of nitrogens with zero attached hydrogens (tertiary/aromatic N) is 1. The van der Waals surface area contributed by atoms with E-state index in [-0.39, 0.29) is 5.41 Å². The fourth-order valence-electron chi connectivity index (χ4n) is 2.21. The Labute approximate surface area is 88.3 Å². The highest BCUT2D eigenvalue weighted by Crippen LogP contribution is 2.24. The third-order valence-corrected chi connectivity index (χ3v) is 3.32. The summed E-state index contributed by atoms with van der Waals surface area (Å²) in [6.07, 6.45) is 3.60. The first-order valence-electron chi connectivity index (χ1n) is 5.87. The third kappa shape index (κ3) is 3.97. The number of hydrogen-bond acceptors (Lipinski definition) is 2. The first-order chi connectivity index (χ1) is 6.53. The molecule has 0 amide bonds. The maximum absolute atomic E-state index is 8.95. The van der Waals surface area contributed by atoms with E-state index in [1.165, 1.54) is 25.9 Å². The van der Waals surface area contributed by atoms with Crippen LogP contribution in [-0.2, 0) is 0 Å². The molecular weight excluding hydrogens is 174 g/mol. The molecule has 1 fully saturated rings. The van der Waals surface area contributed by atoms with Gasteiger partial charge in [0.25, 0.3) is 0 Å². The Kier molecular flexibility index (Phi) is 4.39. The van der Waals surface area contributed by atoms with E-state index in [2.05, 4.69) is 25.7 Å². The number of aliphatic hydroxyl groups is 1. The summed E-state index contributed by atoms with van der Waals surface area (Å²) < 4.78 is 0. The molecule has 84 valence electrons. The molecule has 1 heterocycles. The van der Waals surface area contributed by atoms with Gasteiger partial charge in [-0.05, 0) is 43.7 Å². The van der Waals surface area contributed by atoms with Crippen molar-refractivity contribution in [1.29, 1.82) is 0 Å². The summed E-state index contributed by atoms with van der Waals surface area (Å²) in [4.78, 5) is 2.55. The first-order valence-corrected chi connectivity index (χ1v) is 5.87. The van der Waals surface area contributed by atoms with Gasteiger partial charge >= 0.3 is 0 Å². The van der Waals surface area contributed by atoms with Crippen LogP contribution >= 0.6 is 0 Å². The quantitative estimate of drug-likeness (QED) is 0.749. The fourth-order valence-corrected chi connectivity index (χ4v) is 2.21. The third-order valence-electron chi connectivity index (χ3n) is 3.32. The van der Waals surface area contributed by atoms with Gasteiger partial charge in [0.1, 0.15) is 0 Å². The molecule has 1 saturated heterocycles. The number of rotatable bonds is 4. The van der Waals surface area contributed by atoms with Crippen LogP contribution in [0.25, 0.3) is 0 Å². The van der Waals surface area contributed by atoms with Crippen LogP contribution in [0.5, 0.6) is 0 Å². The molecule has 0 bridgehead atoms. The molecule has 0 unspecified atom stereocenters.